The smallest absolute Gasteiger partial charge is 0.240 e. The van der Waals surface area contributed by atoms with Crippen LogP contribution in [0.25, 0.3) is 0 Å². The summed E-state index contributed by atoms with van der Waals surface area (Å²) in [6.45, 7) is 4.46. The Labute approximate surface area is 110 Å². The van der Waals surface area contributed by atoms with Crippen LogP contribution in [0.5, 0.6) is 0 Å². The Hall–Kier alpha value is -0.610. The molecule has 0 bridgehead atoms. The lowest BCUT2D eigenvalue weighted by atomic mass is 9.93. The quantitative estimate of drug-likeness (QED) is 0.743. The number of aliphatic hydroxyl groups is 1. The Morgan fingerprint density at radius 2 is 2.22 bits per heavy atom. The van der Waals surface area contributed by atoms with E-state index in [1.807, 2.05) is 4.90 Å². The summed E-state index contributed by atoms with van der Waals surface area (Å²) in [7, 11) is 0. The van der Waals surface area contributed by atoms with Crippen molar-refractivity contribution in [1.82, 2.24) is 10.2 Å². The molecule has 4 heteroatoms. The summed E-state index contributed by atoms with van der Waals surface area (Å²) in [4.78, 5) is 14.4. The molecule has 2 rings (SSSR count). The van der Waals surface area contributed by atoms with Gasteiger partial charge in [0, 0.05) is 13.1 Å². The van der Waals surface area contributed by atoms with Gasteiger partial charge in [0.05, 0.1) is 12.6 Å². The van der Waals surface area contributed by atoms with Gasteiger partial charge < -0.3 is 15.3 Å². The Balaban J connectivity index is 1.94. The molecular formula is C14H26N2O2. The Morgan fingerprint density at radius 1 is 1.39 bits per heavy atom. The van der Waals surface area contributed by atoms with E-state index in [4.69, 9.17) is 5.11 Å². The summed E-state index contributed by atoms with van der Waals surface area (Å²) in [6.07, 6.45) is 5.84. The minimum atomic E-state index is 0.0147. The SMILES string of the molecule is CCCCN(CCO)C(=O)C1NCC2CCCC21. The van der Waals surface area contributed by atoms with E-state index in [1.165, 1.54) is 19.3 Å². The van der Waals surface area contributed by atoms with Crippen molar-refractivity contribution in [2.75, 3.05) is 26.2 Å². The van der Waals surface area contributed by atoms with Gasteiger partial charge in [-0.2, -0.15) is 0 Å². The fourth-order valence-corrected chi connectivity index (χ4v) is 3.46. The maximum Gasteiger partial charge on any atom is 0.240 e. The first-order chi connectivity index (χ1) is 8.77. The third kappa shape index (κ3) is 2.86. The van der Waals surface area contributed by atoms with Gasteiger partial charge in [0.15, 0.2) is 0 Å². The van der Waals surface area contributed by atoms with Crippen molar-refractivity contribution < 1.29 is 9.90 Å². The maximum atomic E-state index is 12.5. The number of nitrogens with one attached hydrogen (secondary N) is 1. The molecule has 0 aromatic rings. The van der Waals surface area contributed by atoms with Crippen LogP contribution in [-0.2, 0) is 4.79 Å². The van der Waals surface area contributed by atoms with Crippen LogP contribution in [-0.4, -0.2) is 48.2 Å². The molecule has 4 nitrogen and oxygen atoms in total. The highest BCUT2D eigenvalue weighted by atomic mass is 16.3. The first-order valence-electron chi connectivity index (χ1n) is 7.41. The molecule has 1 aliphatic heterocycles. The first-order valence-corrected chi connectivity index (χ1v) is 7.41. The predicted molar refractivity (Wildman–Crippen MR) is 71.2 cm³/mol. The zero-order valence-corrected chi connectivity index (χ0v) is 11.4. The molecule has 1 heterocycles. The number of unbranched alkanes of at least 4 members (excludes halogenated alkanes) is 1. The van der Waals surface area contributed by atoms with Crippen molar-refractivity contribution in [2.24, 2.45) is 11.8 Å². The molecule has 18 heavy (non-hydrogen) atoms. The minimum absolute atomic E-state index is 0.0147. The lowest BCUT2D eigenvalue weighted by Gasteiger charge is -2.27. The van der Waals surface area contributed by atoms with Crippen LogP contribution >= 0.6 is 0 Å². The van der Waals surface area contributed by atoms with Crippen molar-refractivity contribution in [3.05, 3.63) is 0 Å². The van der Waals surface area contributed by atoms with Gasteiger partial charge in [-0.05, 0) is 37.6 Å². The first kappa shape index (κ1) is 13.8. The van der Waals surface area contributed by atoms with Crippen molar-refractivity contribution in [1.29, 1.82) is 0 Å². The highest BCUT2D eigenvalue weighted by molar-refractivity contribution is 5.82. The molecule has 3 atom stereocenters. The normalized spacial score (nSPS) is 30.4. The van der Waals surface area contributed by atoms with E-state index in [0.717, 1.165) is 25.9 Å². The lowest BCUT2D eigenvalue weighted by Crippen LogP contribution is -2.47. The van der Waals surface area contributed by atoms with E-state index in [-0.39, 0.29) is 18.6 Å². The van der Waals surface area contributed by atoms with Crippen molar-refractivity contribution in [3.8, 4) is 0 Å². The molecule has 1 saturated carbocycles. The largest absolute Gasteiger partial charge is 0.395 e. The number of fused-ring (bicyclic) bond motifs is 1. The topological polar surface area (TPSA) is 52.6 Å². The van der Waals surface area contributed by atoms with Gasteiger partial charge in [-0.15, -0.1) is 0 Å². The fraction of sp³-hybridized carbons (Fsp3) is 0.929. The highest BCUT2D eigenvalue weighted by Crippen LogP contribution is 2.38. The number of nitrogens with zero attached hydrogens (tertiary/aromatic N) is 1. The van der Waals surface area contributed by atoms with Crippen LogP contribution < -0.4 is 5.32 Å². The zero-order chi connectivity index (χ0) is 13.0. The average Bonchev–Trinajstić information content (AvgIpc) is 2.95. The molecule has 0 radical (unpaired) electrons. The number of rotatable bonds is 6. The molecule has 3 unspecified atom stereocenters. The van der Waals surface area contributed by atoms with E-state index in [1.54, 1.807) is 0 Å². The van der Waals surface area contributed by atoms with Gasteiger partial charge in [0.25, 0.3) is 0 Å². The molecule has 2 N–H and O–H groups in total. The number of hydrogen-bond donors (Lipinski definition) is 2. The van der Waals surface area contributed by atoms with E-state index >= 15 is 0 Å². The Bertz CT molecular complexity index is 283. The second-order valence-electron chi connectivity index (χ2n) is 5.64. The number of carbonyl (C=O) groups is 1. The average molecular weight is 254 g/mol. The van der Waals surface area contributed by atoms with Gasteiger partial charge in [0.1, 0.15) is 0 Å². The van der Waals surface area contributed by atoms with Crippen LogP contribution in [0, 0.1) is 11.8 Å². The number of amides is 1. The number of hydrogen-bond acceptors (Lipinski definition) is 3. The van der Waals surface area contributed by atoms with Crippen LogP contribution in [0.15, 0.2) is 0 Å². The van der Waals surface area contributed by atoms with Crippen molar-refractivity contribution >= 4 is 5.91 Å². The standard InChI is InChI=1S/C14H26N2O2/c1-2-3-7-16(8-9-17)14(18)13-12-6-4-5-11(12)10-15-13/h11-13,15,17H,2-10H2,1H3. The Kier molecular flexibility index (Phi) is 5.01. The van der Waals surface area contributed by atoms with E-state index in [2.05, 4.69) is 12.2 Å². The van der Waals surface area contributed by atoms with Crippen molar-refractivity contribution in [2.45, 2.75) is 45.1 Å². The molecule has 2 aliphatic rings. The fourth-order valence-electron chi connectivity index (χ4n) is 3.46. The molecule has 1 amide bonds. The van der Waals surface area contributed by atoms with E-state index < -0.39 is 0 Å². The highest BCUT2D eigenvalue weighted by Gasteiger charge is 2.43. The van der Waals surface area contributed by atoms with E-state index in [0.29, 0.717) is 18.4 Å². The van der Waals surface area contributed by atoms with Gasteiger partial charge >= 0.3 is 0 Å². The third-order valence-electron chi connectivity index (χ3n) is 4.48. The summed E-state index contributed by atoms with van der Waals surface area (Å²) in [5, 5.41) is 12.5. The molecular weight excluding hydrogens is 228 g/mol. The molecule has 0 aromatic carbocycles. The monoisotopic (exact) mass is 254 g/mol. The van der Waals surface area contributed by atoms with Crippen LogP contribution in [0.3, 0.4) is 0 Å². The summed E-state index contributed by atoms with van der Waals surface area (Å²) < 4.78 is 0. The predicted octanol–water partition coefficient (Wildman–Crippen LogP) is 0.995. The van der Waals surface area contributed by atoms with Gasteiger partial charge in [0.2, 0.25) is 5.91 Å². The van der Waals surface area contributed by atoms with Gasteiger partial charge in [-0.25, -0.2) is 0 Å². The second-order valence-corrected chi connectivity index (χ2v) is 5.64. The summed E-state index contributed by atoms with van der Waals surface area (Å²) in [5.74, 6) is 1.47. The van der Waals surface area contributed by atoms with Gasteiger partial charge in [-0.3, -0.25) is 4.79 Å². The van der Waals surface area contributed by atoms with E-state index in [9.17, 15) is 4.79 Å². The molecule has 0 spiro atoms. The number of carbonyl (C=O) groups excluding carboxylic acids is 1. The molecule has 1 saturated heterocycles. The Morgan fingerprint density at radius 3 is 2.94 bits per heavy atom. The maximum absolute atomic E-state index is 12.5. The summed E-state index contributed by atoms with van der Waals surface area (Å²) >= 11 is 0. The molecule has 104 valence electrons. The number of aliphatic hydroxyl groups excluding tert-OH is 1. The summed E-state index contributed by atoms with van der Waals surface area (Å²) in [6, 6.07) is 0.0147. The minimum Gasteiger partial charge on any atom is -0.395 e. The second kappa shape index (κ2) is 6.53. The van der Waals surface area contributed by atoms with Crippen LogP contribution in [0.4, 0.5) is 0 Å². The van der Waals surface area contributed by atoms with Crippen LogP contribution in [0.2, 0.25) is 0 Å². The zero-order valence-electron chi connectivity index (χ0n) is 11.4. The van der Waals surface area contributed by atoms with Crippen LogP contribution in [0.1, 0.15) is 39.0 Å². The molecule has 2 fully saturated rings. The third-order valence-corrected chi connectivity index (χ3v) is 4.48. The molecule has 1 aliphatic carbocycles. The van der Waals surface area contributed by atoms with Gasteiger partial charge in [-0.1, -0.05) is 19.8 Å². The molecule has 0 aromatic heterocycles. The lowest BCUT2D eigenvalue weighted by molar-refractivity contribution is -0.134. The van der Waals surface area contributed by atoms with Crippen molar-refractivity contribution in [3.63, 3.8) is 0 Å². The summed E-state index contributed by atoms with van der Waals surface area (Å²) in [5.41, 5.74) is 0.